The third-order valence-electron chi connectivity index (χ3n) is 2.98. The van der Waals surface area contributed by atoms with Gasteiger partial charge >= 0.3 is 5.97 Å². The third-order valence-corrected chi connectivity index (χ3v) is 3.19. The quantitative estimate of drug-likeness (QED) is 0.507. The molecule has 0 aromatic carbocycles. The van der Waals surface area contributed by atoms with E-state index in [-0.39, 0.29) is 36.1 Å². The Morgan fingerprint density at radius 3 is 2.75 bits per heavy atom. The number of hydrogen-bond acceptors (Lipinski definition) is 5. The molecule has 9 heteroatoms. The van der Waals surface area contributed by atoms with Crippen molar-refractivity contribution < 1.29 is 19.6 Å². The van der Waals surface area contributed by atoms with Crippen LogP contribution >= 0.6 is 11.6 Å². The van der Waals surface area contributed by atoms with Crippen LogP contribution < -0.4 is 0 Å². The molecule has 0 spiro atoms. The molecule has 2 heterocycles. The first-order valence-corrected chi connectivity index (χ1v) is 6.07. The maximum atomic E-state index is 12.1. The normalized spacial score (nSPS) is 14.8. The van der Waals surface area contributed by atoms with E-state index in [9.17, 15) is 19.7 Å². The highest BCUT2D eigenvalue weighted by atomic mass is 35.5. The van der Waals surface area contributed by atoms with Gasteiger partial charge in [0.25, 0.3) is 11.6 Å². The molecular formula is C11H10ClN3O5. The van der Waals surface area contributed by atoms with Crippen molar-refractivity contribution in [2.75, 3.05) is 13.1 Å². The van der Waals surface area contributed by atoms with Crippen molar-refractivity contribution in [3.8, 4) is 0 Å². The minimum atomic E-state index is -0.931. The van der Waals surface area contributed by atoms with Crippen LogP contribution in [0.4, 0.5) is 5.69 Å². The van der Waals surface area contributed by atoms with Gasteiger partial charge < -0.3 is 10.0 Å². The molecule has 0 saturated carbocycles. The van der Waals surface area contributed by atoms with E-state index in [1.54, 1.807) is 0 Å². The first-order valence-electron chi connectivity index (χ1n) is 5.69. The van der Waals surface area contributed by atoms with Crippen LogP contribution in [0.1, 0.15) is 16.8 Å². The second-order valence-corrected chi connectivity index (χ2v) is 4.84. The molecule has 0 atom stereocenters. The van der Waals surface area contributed by atoms with E-state index in [2.05, 4.69) is 4.98 Å². The largest absolute Gasteiger partial charge is 0.481 e. The SMILES string of the molecule is O=C(O)CC1CN(C(=O)c2cc(Cl)ncc2[N+](=O)[O-])C1. The predicted molar refractivity (Wildman–Crippen MR) is 67.5 cm³/mol. The van der Waals surface area contributed by atoms with Crippen LogP contribution in [-0.4, -0.2) is 44.9 Å². The van der Waals surface area contributed by atoms with E-state index in [1.807, 2.05) is 0 Å². The number of aromatic nitrogens is 1. The predicted octanol–water partition coefficient (Wildman–Crippen LogP) is 1.19. The molecule has 1 amide bonds. The number of amides is 1. The maximum absolute atomic E-state index is 12.1. The summed E-state index contributed by atoms with van der Waals surface area (Å²) >= 11 is 5.65. The van der Waals surface area contributed by atoms with E-state index in [0.29, 0.717) is 0 Å². The van der Waals surface area contributed by atoms with Gasteiger partial charge in [-0.15, -0.1) is 0 Å². The Bertz CT molecular complexity index is 585. The molecule has 8 nitrogen and oxygen atoms in total. The van der Waals surface area contributed by atoms with Gasteiger partial charge in [-0.05, 0) is 6.07 Å². The second kappa shape index (κ2) is 5.41. The number of pyridine rings is 1. The van der Waals surface area contributed by atoms with Gasteiger partial charge in [0.05, 0.1) is 11.3 Å². The molecule has 1 fully saturated rings. The highest BCUT2D eigenvalue weighted by molar-refractivity contribution is 6.29. The number of carbonyl (C=O) groups excluding carboxylic acids is 1. The highest BCUT2D eigenvalue weighted by Crippen LogP contribution is 2.26. The van der Waals surface area contributed by atoms with Gasteiger partial charge in [-0.3, -0.25) is 19.7 Å². The molecule has 0 aliphatic carbocycles. The molecule has 1 aromatic rings. The lowest BCUT2D eigenvalue weighted by Gasteiger charge is -2.38. The molecule has 1 N–H and O–H groups in total. The van der Waals surface area contributed by atoms with Crippen LogP contribution in [0.5, 0.6) is 0 Å². The zero-order valence-electron chi connectivity index (χ0n) is 10.2. The van der Waals surface area contributed by atoms with Crippen LogP contribution in [0.25, 0.3) is 0 Å². The number of hydrogen-bond donors (Lipinski definition) is 1. The molecule has 106 valence electrons. The van der Waals surface area contributed by atoms with Crippen molar-refractivity contribution in [2.45, 2.75) is 6.42 Å². The molecule has 1 aliphatic rings. The topological polar surface area (TPSA) is 114 Å². The number of nitrogens with zero attached hydrogens (tertiary/aromatic N) is 3. The molecule has 2 rings (SSSR count). The minimum Gasteiger partial charge on any atom is -0.481 e. The number of carbonyl (C=O) groups is 2. The number of aliphatic carboxylic acids is 1. The highest BCUT2D eigenvalue weighted by Gasteiger charge is 2.35. The fraction of sp³-hybridized carbons (Fsp3) is 0.364. The number of likely N-dealkylation sites (tertiary alicyclic amines) is 1. The summed E-state index contributed by atoms with van der Waals surface area (Å²) in [6.07, 6.45) is 0.910. The standard InChI is InChI=1S/C11H10ClN3O5/c12-9-2-7(8(3-13-9)15(19)20)11(18)14-4-6(5-14)1-10(16)17/h2-3,6H,1,4-5H2,(H,16,17). The molecule has 0 unspecified atom stereocenters. The molecule has 0 bridgehead atoms. The van der Waals surface area contributed by atoms with E-state index >= 15 is 0 Å². The smallest absolute Gasteiger partial charge is 0.303 e. The summed E-state index contributed by atoms with van der Waals surface area (Å²) in [7, 11) is 0. The number of halogens is 1. The number of rotatable bonds is 4. The number of nitro groups is 1. The van der Waals surface area contributed by atoms with Gasteiger partial charge in [0.15, 0.2) is 0 Å². The number of carboxylic acid groups (broad SMARTS) is 1. The Hall–Kier alpha value is -2.22. The van der Waals surface area contributed by atoms with Crippen LogP contribution in [-0.2, 0) is 4.79 Å². The van der Waals surface area contributed by atoms with Gasteiger partial charge in [0.2, 0.25) is 0 Å². The Morgan fingerprint density at radius 1 is 1.55 bits per heavy atom. The van der Waals surface area contributed by atoms with Crippen molar-refractivity contribution in [2.24, 2.45) is 5.92 Å². The molecule has 0 radical (unpaired) electrons. The summed E-state index contributed by atoms with van der Waals surface area (Å²) < 4.78 is 0. The van der Waals surface area contributed by atoms with Gasteiger partial charge in [-0.2, -0.15) is 0 Å². The van der Waals surface area contributed by atoms with Gasteiger partial charge in [0, 0.05) is 19.0 Å². The fourth-order valence-corrected chi connectivity index (χ4v) is 2.18. The molecule has 1 aromatic heterocycles. The summed E-state index contributed by atoms with van der Waals surface area (Å²) in [6.45, 7) is 0.532. The summed E-state index contributed by atoms with van der Waals surface area (Å²) in [5, 5.41) is 19.5. The van der Waals surface area contributed by atoms with Crippen LogP contribution in [0.2, 0.25) is 5.15 Å². The lowest BCUT2D eigenvalue weighted by molar-refractivity contribution is -0.385. The first kappa shape index (κ1) is 14.2. The monoisotopic (exact) mass is 299 g/mol. The average Bonchev–Trinajstić information content (AvgIpc) is 2.31. The van der Waals surface area contributed by atoms with E-state index < -0.39 is 22.5 Å². The molecular weight excluding hydrogens is 290 g/mol. The number of carboxylic acids is 1. The van der Waals surface area contributed by atoms with E-state index in [1.165, 1.54) is 4.90 Å². The Morgan fingerprint density at radius 2 is 2.20 bits per heavy atom. The third kappa shape index (κ3) is 2.85. The van der Waals surface area contributed by atoms with Crippen molar-refractivity contribution >= 4 is 29.2 Å². The van der Waals surface area contributed by atoms with Gasteiger partial charge in [-0.1, -0.05) is 11.6 Å². The zero-order valence-corrected chi connectivity index (χ0v) is 10.9. The van der Waals surface area contributed by atoms with Gasteiger partial charge in [0.1, 0.15) is 16.9 Å². The first-order chi connectivity index (χ1) is 9.38. The average molecular weight is 300 g/mol. The Balaban J connectivity index is 2.13. The van der Waals surface area contributed by atoms with Crippen LogP contribution in [0, 0.1) is 16.0 Å². The summed E-state index contributed by atoms with van der Waals surface area (Å²) in [5.41, 5.74) is -0.551. The summed E-state index contributed by atoms with van der Waals surface area (Å²) in [4.78, 5) is 37.7. The summed E-state index contributed by atoms with van der Waals surface area (Å²) in [6, 6.07) is 1.15. The Kier molecular flexibility index (Phi) is 3.84. The fourth-order valence-electron chi connectivity index (χ4n) is 2.02. The lowest BCUT2D eigenvalue weighted by Crippen LogP contribution is -2.50. The molecule has 1 aliphatic heterocycles. The van der Waals surface area contributed by atoms with Gasteiger partial charge in [-0.25, -0.2) is 4.98 Å². The van der Waals surface area contributed by atoms with Crippen LogP contribution in [0.15, 0.2) is 12.3 Å². The summed E-state index contributed by atoms with van der Waals surface area (Å²) in [5.74, 6) is -1.59. The van der Waals surface area contributed by atoms with E-state index in [4.69, 9.17) is 16.7 Å². The lowest BCUT2D eigenvalue weighted by atomic mass is 9.95. The second-order valence-electron chi connectivity index (χ2n) is 4.46. The van der Waals surface area contributed by atoms with E-state index in [0.717, 1.165) is 12.3 Å². The van der Waals surface area contributed by atoms with Crippen molar-refractivity contribution in [1.29, 1.82) is 0 Å². The zero-order chi connectivity index (χ0) is 14.9. The van der Waals surface area contributed by atoms with Crippen molar-refractivity contribution in [3.05, 3.63) is 33.1 Å². The minimum absolute atomic E-state index is 0.0124. The maximum Gasteiger partial charge on any atom is 0.303 e. The van der Waals surface area contributed by atoms with Crippen LogP contribution in [0.3, 0.4) is 0 Å². The van der Waals surface area contributed by atoms with Crippen molar-refractivity contribution in [1.82, 2.24) is 9.88 Å². The molecule has 20 heavy (non-hydrogen) atoms. The van der Waals surface area contributed by atoms with Crippen molar-refractivity contribution in [3.63, 3.8) is 0 Å². The molecule has 1 saturated heterocycles. The Labute approximate surface area is 118 Å².